The summed E-state index contributed by atoms with van der Waals surface area (Å²) in [6.07, 6.45) is -2.40. The summed E-state index contributed by atoms with van der Waals surface area (Å²) in [5.41, 5.74) is 6.90. The zero-order chi connectivity index (χ0) is 11.4. The molecule has 1 unspecified atom stereocenters. The third-order valence-corrected chi connectivity index (χ3v) is 2.40. The number of halogens is 2. The SMILES string of the molecule is CN(C)c1ccc(C(CN)C(F)F)cc1. The minimum Gasteiger partial charge on any atom is -0.378 e. The molecule has 1 atom stereocenters. The average Bonchev–Trinajstić information content (AvgIpc) is 2.19. The third kappa shape index (κ3) is 2.89. The van der Waals surface area contributed by atoms with Crippen LogP contribution in [-0.2, 0) is 0 Å². The van der Waals surface area contributed by atoms with Crippen molar-refractivity contribution in [2.75, 3.05) is 25.5 Å². The zero-order valence-corrected chi connectivity index (χ0v) is 8.95. The van der Waals surface area contributed by atoms with Crippen LogP contribution >= 0.6 is 0 Å². The summed E-state index contributed by atoms with van der Waals surface area (Å²) in [6, 6.07) is 7.05. The number of benzene rings is 1. The van der Waals surface area contributed by atoms with Gasteiger partial charge in [0, 0.05) is 26.3 Å². The molecule has 0 amide bonds. The molecule has 0 aliphatic carbocycles. The lowest BCUT2D eigenvalue weighted by Gasteiger charge is -2.16. The highest BCUT2D eigenvalue weighted by Gasteiger charge is 2.20. The van der Waals surface area contributed by atoms with Gasteiger partial charge in [0.1, 0.15) is 0 Å². The van der Waals surface area contributed by atoms with Crippen LogP contribution in [0.2, 0.25) is 0 Å². The molecule has 15 heavy (non-hydrogen) atoms. The first-order valence-corrected chi connectivity index (χ1v) is 4.81. The Morgan fingerprint density at radius 3 is 2.07 bits per heavy atom. The molecule has 2 nitrogen and oxygen atoms in total. The summed E-state index contributed by atoms with van der Waals surface area (Å²) >= 11 is 0. The minimum absolute atomic E-state index is 0.0288. The van der Waals surface area contributed by atoms with Crippen LogP contribution in [0.1, 0.15) is 11.5 Å². The van der Waals surface area contributed by atoms with Crippen molar-refractivity contribution in [1.82, 2.24) is 0 Å². The van der Waals surface area contributed by atoms with Crippen LogP contribution < -0.4 is 10.6 Å². The highest BCUT2D eigenvalue weighted by atomic mass is 19.3. The van der Waals surface area contributed by atoms with E-state index in [-0.39, 0.29) is 6.54 Å². The Morgan fingerprint density at radius 1 is 1.20 bits per heavy atom. The van der Waals surface area contributed by atoms with Crippen LogP contribution in [-0.4, -0.2) is 27.1 Å². The van der Waals surface area contributed by atoms with E-state index < -0.39 is 12.3 Å². The molecule has 1 aromatic rings. The van der Waals surface area contributed by atoms with Gasteiger partial charge in [0.2, 0.25) is 6.43 Å². The van der Waals surface area contributed by atoms with Crippen LogP contribution in [0.25, 0.3) is 0 Å². The van der Waals surface area contributed by atoms with Crippen molar-refractivity contribution in [3.05, 3.63) is 29.8 Å². The van der Waals surface area contributed by atoms with Gasteiger partial charge in [-0.25, -0.2) is 8.78 Å². The predicted octanol–water partition coefficient (Wildman–Crippen LogP) is 2.06. The van der Waals surface area contributed by atoms with Crippen molar-refractivity contribution in [3.8, 4) is 0 Å². The molecule has 1 aromatic carbocycles. The molecule has 0 aromatic heterocycles. The van der Waals surface area contributed by atoms with Crippen LogP contribution in [0, 0.1) is 0 Å². The zero-order valence-electron chi connectivity index (χ0n) is 8.95. The summed E-state index contributed by atoms with van der Waals surface area (Å²) in [7, 11) is 3.81. The van der Waals surface area contributed by atoms with Gasteiger partial charge in [-0.05, 0) is 17.7 Å². The van der Waals surface area contributed by atoms with E-state index in [4.69, 9.17) is 5.73 Å². The predicted molar refractivity (Wildman–Crippen MR) is 58.6 cm³/mol. The molecule has 0 saturated heterocycles. The van der Waals surface area contributed by atoms with Crippen LogP contribution in [0.5, 0.6) is 0 Å². The molecule has 0 aliphatic heterocycles. The Morgan fingerprint density at radius 2 is 1.73 bits per heavy atom. The number of nitrogens with zero attached hydrogens (tertiary/aromatic N) is 1. The van der Waals surface area contributed by atoms with E-state index in [9.17, 15) is 8.78 Å². The van der Waals surface area contributed by atoms with Gasteiger partial charge >= 0.3 is 0 Å². The van der Waals surface area contributed by atoms with E-state index in [1.54, 1.807) is 12.1 Å². The van der Waals surface area contributed by atoms with Gasteiger partial charge < -0.3 is 10.6 Å². The van der Waals surface area contributed by atoms with Crippen molar-refractivity contribution in [2.24, 2.45) is 5.73 Å². The molecule has 0 spiro atoms. The Bertz CT molecular complexity index is 296. The lowest BCUT2D eigenvalue weighted by Crippen LogP contribution is -2.19. The average molecular weight is 214 g/mol. The topological polar surface area (TPSA) is 29.3 Å². The second kappa shape index (κ2) is 5.07. The molecular formula is C11H16F2N2. The quantitative estimate of drug-likeness (QED) is 0.831. The van der Waals surface area contributed by atoms with E-state index in [0.717, 1.165) is 5.69 Å². The van der Waals surface area contributed by atoms with Crippen LogP contribution in [0.15, 0.2) is 24.3 Å². The summed E-state index contributed by atoms with van der Waals surface area (Å²) in [5, 5.41) is 0. The lowest BCUT2D eigenvalue weighted by molar-refractivity contribution is 0.117. The first-order valence-electron chi connectivity index (χ1n) is 4.81. The maximum absolute atomic E-state index is 12.6. The second-order valence-electron chi connectivity index (χ2n) is 3.66. The Kier molecular flexibility index (Phi) is 4.03. The highest BCUT2D eigenvalue weighted by Crippen LogP contribution is 2.24. The van der Waals surface area contributed by atoms with Gasteiger partial charge in [-0.1, -0.05) is 12.1 Å². The normalized spacial score (nSPS) is 12.9. The van der Waals surface area contributed by atoms with Crippen LogP contribution in [0.4, 0.5) is 14.5 Å². The number of hydrogen-bond donors (Lipinski definition) is 1. The van der Waals surface area contributed by atoms with Gasteiger partial charge in [-0.2, -0.15) is 0 Å². The number of hydrogen-bond acceptors (Lipinski definition) is 2. The van der Waals surface area contributed by atoms with Crippen molar-refractivity contribution >= 4 is 5.69 Å². The molecule has 0 bridgehead atoms. The molecule has 0 saturated carbocycles. The highest BCUT2D eigenvalue weighted by molar-refractivity contribution is 5.46. The molecule has 0 radical (unpaired) electrons. The fourth-order valence-electron chi connectivity index (χ4n) is 1.40. The Balaban J connectivity index is 2.87. The maximum Gasteiger partial charge on any atom is 0.246 e. The van der Waals surface area contributed by atoms with Gasteiger partial charge in [0.25, 0.3) is 0 Å². The first-order chi connectivity index (χ1) is 7.06. The van der Waals surface area contributed by atoms with Crippen molar-refractivity contribution in [2.45, 2.75) is 12.3 Å². The van der Waals surface area contributed by atoms with E-state index in [2.05, 4.69) is 0 Å². The molecule has 84 valence electrons. The maximum atomic E-state index is 12.6. The van der Waals surface area contributed by atoms with Gasteiger partial charge in [0.15, 0.2) is 0 Å². The van der Waals surface area contributed by atoms with Gasteiger partial charge in [-0.15, -0.1) is 0 Å². The molecule has 0 aliphatic rings. The molecule has 0 heterocycles. The molecule has 4 heteroatoms. The molecule has 0 fully saturated rings. The summed E-state index contributed by atoms with van der Waals surface area (Å²) < 4.78 is 25.1. The van der Waals surface area contributed by atoms with Crippen molar-refractivity contribution < 1.29 is 8.78 Å². The summed E-state index contributed by atoms with van der Waals surface area (Å²) in [5.74, 6) is -0.860. The van der Waals surface area contributed by atoms with Crippen LogP contribution in [0.3, 0.4) is 0 Å². The molecular weight excluding hydrogens is 198 g/mol. The largest absolute Gasteiger partial charge is 0.378 e. The van der Waals surface area contributed by atoms with E-state index in [1.807, 2.05) is 31.1 Å². The third-order valence-electron chi connectivity index (χ3n) is 2.40. The van der Waals surface area contributed by atoms with Crippen molar-refractivity contribution in [3.63, 3.8) is 0 Å². The van der Waals surface area contributed by atoms with Gasteiger partial charge in [0.05, 0.1) is 5.92 Å². The summed E-state index contributed by atoms with van der Waals surface area (Å²) in [4.78, 5) is 1.92. The fraction of sp³-hybridized carbons (Fsp3) is 0.455. The van der Waals surface area contributed by atoms with E-state index in [0.29, 0.717) is 5.56 Å². The standard InChI is InChI=1S/C11H16F2N2/c1-15(2)9-5-3-8(4-6-9)10(7-14)11(12)13/h3-6,10-11H,7,14H2,1-2H3. The fourth-order valence-corrected chi connectivity index (χ4v) is 1.40. The first kappa shape index (κ1) is 11.9. The smallest absolute Gasteiger partial charge is 0.246 e. The second-order valence-corrected chi connectivity index (χ2v) is 3.66. The monoisotopic (exact) mass is 214 g/mol. The van der Waals surface area contributed by atoms with E-state index >= 15 is 0 Å². The lowest BCUT2D eigenvalue weighted by atomic mass is 9.99. The molecule has 2 N–H and O–H groups in total. The molecule has 1 rings (SSSR count). The number of anilines is 1. The Hall–Kier alpha value is -1.16. The number of alkyl halides is 2. The summed E-state index contributed by atoms with van der Waals surface area (Å²) in [6.45, 7) is -0.0288. The Labute approximate surface area is 88.7 Å². The van der Waals surface area contributed by atoms with Crippen molar-refractivity contribution in [1.29, 1.82) is 0 Å². The number of rotatable bonds is 4. The van der Waals surface area contributed by atoms with E-state index in [1.165, 1.54) is 0 Å². The number of nitrogens with two attached hydrogens (primary N) is 1. The van der Waals surface area contributed by atoms with Gasteiger partial charge in [-0.3, -0.25) is 0 Å². The minimum atomic E-state index is -2.40.